The van der Waals surface area contributed by atoms with E-state index in [1.165, 1.54) is 0 Å². The molecule has 7 heteroatoms. The normalized spacial score (nSPS) is 16.8. The van der Waals surface area contributed by atoms with Crippen LogP contribution in [0.4, 0.5) is 5.69 Å². The number of carbonyl (C=O) groups is 2. The summed E-state index contributed by atoms with van der Waals surface area (Å²) in [6.07, 6.45) is -0.110. The topological polar surface area (TPSA) is 84.9 Å². The van der Waals surface area contributed by atoms with Crippen LogP contribution in [0.25, 0.3) is 0 Å². The van der Waals surface area contributed by atoms with Crippen molar-refractivity contribution in [1.82, 2.24) is 15.5 Å². The predicted octanol–water partition coefficient (Wildman–Crippen LogP) is 2.98. The van der Waals surface area contributed by atoms with Gasteiger partial charge in [-0.05, 0) is 35.2 Å². The fourth-order valence-electron chi connectivity index (χ4n) is 4.81. The van der Waals surface area contributed by atoms with E-state index in [4.69, 9.17) is 0 Å². The van der Waals surface area contributed by atoms with Crippen molar-refractivity contribution in [2.24, 2.45) is 5.92 Å². The number of aliphatic hydroxyl groups excluding tert-OH is 1. The van der Waals surface area contributed by atoms with Crippen molar-refractivity contribution in [3.63, 3.8) is 0 Å². The standard InChI is InChI=1S/C31H38N4O3/c1-34(2)27-15-9-14-25(16-27)19-32-20-29(36)28(17-23-10-5-3-6-11-23)33-31(38)26-18-30(37)35(22-26)21-24-12-7-4-8-13-24/h3-16,26,28-29,32,36H,17-22H2,1-2H3,(H,33,38)/t26-,28+,29?/m1/s1. The van der Waals surface area contributed by atoms with E-state index in [9.17, 15) is 14.7 Å². The molecule has 0 aromatic heterocycles. The van der Waals surface area contributed by atoms with E-state index in [0.717, 1.165) is 22.4 Å². The maximum absolute atomic E-state index is 13.3. The van der Waals surface area contributed by atoms with Gasteiger partial charge < -0.3 is 25.5 Å². The van der Waals surface area contributed by atoms with Crippen LogP contribution in [0.2, 0.25) is 0 Å². The minimum Gasteiger partial charge on any atom is -0.390 e. The summed E-state index contributed by atoms with van der Waals surface area (Å²) in [5.41, 5.74) is 4.31. The average molecular weight is 515 g/mol. The number of likely N-dealkylation sites (tertiary alicyclic amines) is 1. The number of rotatable bonds is 12. The Balaban J connectivity index is 1.36. The Bertz CT molecular complexity index is 1190. The number of nitrogens with one attached hydrogen (secondary N) is 2. The van der Waals surface area contributed by atoms with Gasteiger partial charge in [-0.15, -0.1) is 0 Å². The van der Waals surface area contributed by atoms with Gasteiger partial charge in [0.15, 0.2) is 0 Å². The van der Waals surface area contributed by atoms with Crippen LogP contribution in [0.15, 0.2) is 84.9 Å². The molecule has 3 aromatic carbocycles. The zero-order valence-corrected chi connectivity index (χ0v) is 22.2. The summed E-state index contributed by atoms with van der Waals surface area (Å²) in [7, 11) is 4.01. The van der Waals surface area contributed by atoms with Gasteiger partial charge in [0.1, 0.15) is 0 Å². The maximum atomic E-state index is 13.3. The van der Waals surface area contributed by atoms with Crippen molar-refractivity contribution in [2.45, 2.75) is 38.1 Å². The second-order valence-corrected chi connectivity index (χ2v) is 10.2. The summed E-state index contributed by atoms with van der Waals surface area (Å²) in [6, 6.07) is 27.4. The minimum atomic E-state index is -0.797. The van der Waals surface area contributed by atoms with Gasteiger partial charge in [0.2, 0.25) is 11.8 Å². The van der Waals surface area contributed by atoms with Crippen molar-refractivity contribution >= 4 is 17.5 Å². The van der Waals surface area contributed by atoms with Crippen LogP contribution in [-0.2, 0) is 29.1 Å². The largest absolute Gasteiger partial charge is 0.390 e. The number of hydrogen-bond donors (Lipinski definition) is 3. The molecule has 0 saturated carbocycles. The minimum absolute atomic E-state index is 0.0178. The van der Waals surface area contributed by atoms with Crippen molar-refractivity contribution in [3.05, 3.63) is 102 Å². The average Bonchev–Trinajstić information content (AvgIpc) is 3.29. The van der Waals surface area contributed by atoms with Crippen molar-refractivity contribution in [3.8, 4) is 0 Å². The van der Waals surface area contributed by atoms with Crippen LogP contribution in [-0.4, -0.2) is 61.2 Å². The third-order valence-electron chi connectivity index (χ3n) is 7.00. The van der Waals surface area contributed by atoms with Gasteiger partial charge in [0.05, 0.1) is 18.1 Å². The smallest absolute Gasteiger partial charge is 0.225 e. The molecule has 0 spiro atoms. The summed E-state index contributed by atoms with van der Waals surface area (Å²) in [5, 5.41) is 17.5. The fraction of sp³-hybridized carbons (Fsp3) is 0.355. The van der Waals surface area contributed by atoms with Crippen molar-refractivity contribution in [2.75, 3.05) is 32.1 Å². The molecule has 7 nitrogen and oxygen atoms in total. The molecular weight excluding hydrogens is 476 g/mol. The summed E-state index contributed by atoms with van der Waals surface area (Å²) in [5.74, 6) is -0.637. The zero-order chi connectivity index (χ0) is 26.9. The van der Waals surface area contributed by atoms with Crippen LogP contribution in [0.1, 0.15) is 23.1 Å². The van der Waals surface area contributed by atoms with Gasteiger partial charge in [-0.25, -0.2) is 0 Å². The van der Waals surface area contributed by atoms with Crippen LogP contribution in [0, 0.1) is 5.92 Å². The molecule has 0 aliphatic carbocycles. The van der Waals surface area contributed by atoms with Crippen LogP contribution in [0.3, 0.4) is 0 Å². The second kappa shape index (κ2) is 13.2. The molecule has 0 radical (unpaired) electrons. The number of amides is 2. The van der Waals surface area contributed by atoms with Gasteiger partial charge in [-0.1, -0.05) is 72.8 Å². The van der Waals surface area contributed by atoms with Crippen molar-refractivity contribution < 1.29 is 14.7 Å². The Kier molecular flexibility index (Phi) is 9.51. The first kappa shape index (κ1) is 27.4. The molecule has 1 heterocycles. The van der Waals surface area contributed by atoms with E-state index < -0.39 is 18.1 Å². The Hall–Kier alpha value is -3.68. The van der Waals surface area contributed by atoms with Gasteiger partial charge >= 0.3 is 0 Å². The van der Waals surface area contributed by atoms with Gasteiger partial charge in [0.25, 0.3) is 0 Å². The third kappa shape index (κ3) is 7.66. The molecule has 0 bridgehead atoms. The fourth-order valence-corrected chi connectivity index (χ4v) is 4.81. The highest BCUT2D eigenvalue weighted by Crippen LogP contribution is 2.21. The van der Waals surface area contributed by atoms with E-state index in [1.807, 2.05) is 86.9 Å². The monoisotopic (exact) mass is 514 g/mol. The highest BCUT2D eigenvalue weighted by Gasteiger charge is 2.35. The summed E-state index contributed by atoms with van der Waals surface area (Å²) < 4.78 is 0. The number of nitrogens with zero attached hydrogens (tertiary/aromatic N) is 2. The molecule has 1 fully saturated rings. The maximum Gasteiger partial charge on any atom is 0.225 e. The molecule has 200 valence electrons. The summed E-state index contributed by atoms with van der Waals surface area (Å²) in [4.78, 5) is 29.7. The molecule has 1 aliphatic heterocycles. The first-order chi connectivity index (χ1) is 18.4. The molecule has 3 aromatic rings. The molecule has 4 rings (SSSR count). The number of anilines is 1. The van der Waals surface area contributed by atoms with E-state index in [2.05, 4.69) is 27.7 Å². The molecule has 38 heavy (non-hydrogen) atoms. The first-order valence-electron chi connectivity index (χ1n) is 13.2. The van der Waals surface area contributed by atoms with Crippen molar-refractivity contribution in [1.29, 1.82) is 0 Å². The molecular formula is C31H38N4O3. The Labute approximate surface area is 225 Å². The van der Waals surface area contributed by atoms with E-state index in [-0.39, 0.29) is 18.2 Å². The molecule has 3 atom stereocenters. The van der Waals surface area contributed by atoms with E-state index >= 15 is 0 Å². The van der Waals surface area contributed by atoms with Crippen LogP contribution >= 0.6 is 0 Å². The third-order valence-corrected chi connectivity index (χ3v) is 7.00. The van der Waals surface area contributed by atoms with Gasteiger partial charge in [-0.3, -0.25) is 9.59 Å². The predicted molar refractivity (Wildman–Crippen MR) is 151 cm³/mol. The Morgan fingerprint density at radius 1 is 0.974 bits per heavy atom. The van der Waals surface area contributed by atoms with Gasteiger partial charge in [0, 0.05) is 52.4 Å². The van der Waals surface area contributed by atoms with Crippen LogP contribution in [0.5, 0.6) is 0 Å². The molecule has 3 N–H and O–H groups in total. The van der Waals surface area contributed by atoms with Crippen LogP contribution < -0.4 is 15.5 Å². The SMILES string of the molecule is CN(C)c1cccc(CNCC(O)[C@H](Cc2ccccc2)NC(=O)[C@@H]2CC(=O)N(Cc3ccccc3)C2)c1. The lowest BCUT2D eigenvalue weighted by Gasteiger charge is -2.26. The molecule has 2 amide bonds. The first-order valence-corrected chi connectivity index (χ1v) is 13.2. The zero-order valence-electron chi connectivity index (χ0n) is 22.2. The summed E-state index contributed by atoms with van der Waals surface area (Å²) in [6.45, 7) is 1.82. The molecule has 1 unspecified atom stereocenters. The highest BCUT2D eigenvalue weighted by molar-refractivity contribution is 5.89. The quantitative estimate of drug-likeness (QED) is 0.346. The molecule has 1 saturated heterocycles. The van der Waals surface area contributed by atoms with E-state index in [1.54, 1.807) is 4.90 Å². The lowest BCUT2D eigenvalue weighted by molar-refractivity contribution is -0.129. The number of carbonyl (C=O) groups excluding carboxylic acids is 2. The summed E-state index contributed by atoms with van der Waals surface area (Å²) >= 11 is 0. The lowest BCUT2D eigenvalue weighted by Crippen LogP contribution is -2.50. The number of aliphatic hydroxyl groups is 1. The number of hydrogen-bond acceptors (Lipinski definition) is 5. The Morgan fingerprint density at radius 3 is 2.32 bits per heavy atom. The lowest BCUT2D eigenvalue weighted by atomic mass is 9.99. The molecule has 1 aliphatic rings. The van der Waals surface area contributed by atoms with Gasteiger partial charge in [-0.2, -0.15) is 0 Å². The van der Waals surface area contributed by atoms with E-state index in [0.29, 0.717) is 32.6 Å². The second-order valence-electron chi connectivity index (χ2n) is 10.2. The Morgan fingerprint density at radius 2 is 1.63 bits per heavy atom. The number of benzene rings is 3. The highest BCUT2D eigenvalue weighted by atomic mass is 16.3.